The van der Waals surface area contributed by atoms with Gasteiger partial charge >= 0.3 is 0 Å². The van der Waals surface area contributed by atoms with Gasteiger partial charge in [0.05, 0.1) is 6.54 Å². The fourth-order valence-electron chi connectivity index (χ4n) is 2.38. The molecule has 1 aliphatic heterocycles. The van der Waals surface area contributed by atoms with Crippen LogP contribution in [0.25, 0.3) is 0 Å². The molecule has 1 N–H and O–H groups in total. The number of hydrogen-bond donors (Lipinski definition) is 1. The Bertz CT molecular complexity index is 498. The number of amides is 2. The molecule has 6 heteroatoms. The summed E-state index contributed by atoms with van der Waals surface area (Å²) in [6.45, 7) is 6.23. The smallest absolute Gasteiger partial charge is 0.289 e. The van der Waals surface area contributed by atoms with Crippen LogP contribution in [-0.4, -0.2) is 54.3 Å². The first-order valence-electron chi connectivity index (χ1n) is 6.80. The van der Waals surface area contributed by atoms with E-state index >= 15 is 0 Å². The van der Waals surface area contributed by atoms with E-state index in [-0.39, 0.29) is 17.9 Å². The Hall–Kier alpha value is -1.82. The number of nitrogens with one attached hydrogen (secondary N) is 1. The third-order valence-electron chi connectivity index (χ3n) is 3.48. The highest BCUT2D eigenvalue weighted by Gasteiger charge is 2.28. The predicted molar refractivity (Wildman–Crippen MR) is 74.2 cm³/mol. The fourth-order valence-corrected chi connectivity index (χ4v) is 2.38. The molecule has 20 heavy (non-hydrogen) atoms. The lowest BCUT2D eigenvalue weighted by Gasteiger charge is -2.37. The van der Waals surface area contributed by atoms with Crippen LogP contribution >= 0.6 is 0 Å². The summed E-state index contributed by atoms with van der Waals surface area (Å²) in [7, 11) is 2.05. The van der Waals surface area contributed by atoms with Gasteiger partial charge in [-0.15, -0.1) is 0 Å². The van der Waals surface area contributed by atoms with Crippen LogP contribution in [0.2, 0.25) is 0 Å². The molecule has 1 aliphatic rings. The van der Waals surface area contributed by atoms with Gasteiger partial charge in [0.1, 0.15) is 5.76 Å². The van der Waals surface area contributed by atoms with Crippen LogP contribution in [0, 0.1) is 0 Å². The number of rotatable bonds is 3. The van der Waals surface area contributed by atoms with Gasteiger partial charge in [0.2, 0.25) is 5.91 Å². The summed E-state index contributed by atoms with van der Waals surface area (Å²) in [4.78, 5) is 27.3. The van der Waals surface area contributed by atoms with Crippen molar-refractivity contribution in [2.75, 3.05) is 26.7 Å². The zero-order valence-corrected chi connectivity index (χ0v) is 12.2. The number of nitrogens with zero attached hydrogens (tertiary/aromatic N) is 2. The van der Waals surface area contributed by atoms with E-state index in [0.29, 0.717) is 24.6 Å². The monoisotopic (exact) mass is 279 g/mol. The van der Waals surface area contributed by atoms with Crippen LogP contribution in [0.1, 0.15) is 30.2 Å². The molecular weight excluding hydrogens is 258 g/mol. The first-order valence-corrected chi connectivity index (χ1v) is 6.80. The largest absolute Gasteiger partial charge is 0.454 e. The SMILES string of the molecule is CC(=O)NCc1ccc(C(=O)N2CCN(C)C[C@H]2C)o1. The van der Waals surface area contributed by atoms with Crippen molar-refractivity contribution in [3.05, 3.63) is 23.7 Å². The molecule has 0 saturated carbocycles. The molecule has 0 aromatic carbocycles. The predicted octanol–water partition coefficient (Wildman–Crippen LogP) is 0.692. The van der Waals surface area contributed by atoms with Gasteiger partial charge in [0.25, 0.3) is 5.91 Å². The van der Waals surface area contributed by atoms with Crippen LogP contribution in [0.4, 0.5) is 0 Å². The Morgan fingerprint density at radius 2 is 2.15 bits per heavy atom. The zero-order valence-electron chi connectivity index (χ0n) is 12.2. The van der Waals surface area contributed by atoms with Gasteiger partial charge in [-0.1, -0.05) is 0 Å². The standard InChI is InChI=1S/C14H21N3O3/c1-10-9-16(3)6-7-17(10)14(19)13-5-4-12(20-13)8-15-11(2)18/h4-5,10H,6-9H2,1-3H3,(H,15,18)/t10-/m1/s1. The molecule has 1 aromatic heterocycles. The van der Waals surface area contributed by atoms with E-state index in [9.17, 15) is 9.59 Å². The summed E-state index contributed by atoms with van der Waals surface area (Å²) in [5, 5.41) is 2.64. The van der Waals surface area contributed by atoms with Gasteiger partial charge in [-0.3, -0.25) is 9.59 Å². The molecule has 110 valence electrons. The minimum Gasteiger partial charge on any atom is -0.454 e. The third kappa shape index (κ3) is 3.39. The van der Waals surface area contributed by atoms with Crippen LogP contribution < -0.4 is 5.32 Å². The number of carbonyl (C=O) groups is 2. The molecule has 0 spiro atoms. The lowest BCUT2D eigenvalue weighted by molar-refractivity contribution is -0.119. The van der Waals surface area contributed by atoms with E-state index in [1.54, 1.807) is 12.1 Å². The van der Waals surface area contributed by atoms with E-state index in [2.05, 4.69) is 17.3 Å². The summed E-state index contributed by atoms with van der Waals surface area (Å²) in [5.41, 5.74) is 0. The minimum absolute atomic E-state index is 0.0836. The van der Waals surface area contributed by atoms with Crippen molar-refractivity contribution in [2.45, 2.75) is 26.4 Å². The van der Waals surface area contributed by atoms with Crippen molar-refractivity contribution in [1.29, 1.82) is 0 Å². The second-order valence-corrected chi connectivity index (χ2v) is 5.29. The second kappa shape index (κ2) is 6.09. The lowest BCUT2D eigenvalue weighted by Crippen LogP contribution is -2.52. The Morgan fingerprint density at radius 3 is 2.80 bits per heavy atom. The van der Waals surface area contributed by atoms with Gasteiger partial charge in [-0.2, -0.15) is 0 Å². The molecule has 0 unspecified atom stereocenters. The summed E-state index contributed by atoms with van der Waals surface area (Å²) in [6.07, 6.45) is 0. The minimum atomic E-state index is -0.123. The Labute approximate surface area is 118 Å². The molecule has 0 bridgehead atoms. The Balaban J connectivity index is 2.00. The molecule has 1 saturated heterocycles. The zero-order chi connectivity index (χ0) is 14.7. The van der Waals surface area contributed by atoms with Crippen LogP contribution in [0.5, 0.6) is 0 Å². The normalized spacial score (nSPS) is 19.9. The second-order valence-electron chi connectivity index (χ2n) is 5.29. The quantitative estimate of drug-likeness (QED) is 0.884. The number of hydrogen-bond acceptors (Lipinski definition) is 4. The topological polar surface area (TPSA) is 65.8 Å². The average Bonchev–Trinajstić information content (AvgIpc) is 2.84. The molecule has 1 atom stereocenters. The van der Waals surface area contributed by atoms with Crippen molar-refractivity contribution < 1.29 is 14.0 Å². The average molecular weight is 279 g/mol. The van der Waals surface area contributed by atoms with E-state index in [1.807, 2.05) is 11.8 Å². The van der Waals surface area contributed by atoms with E-state index in [1.165, 1.54) is 6.92 Å². The van der Waals surface area contributed by atoms with E-state index in [0.717, 1.165) is 13.1 Å². The summed E-state index contributed by atoms with van der Waals surface area (Å²) in [6, 6.07) is 3.57. The van der Waals surface area contributed by atoms with Gasteiger partial charge in [-0.25, -0.2) is 0 Å². The Morgan fingerprint density at radius 1 is 1.40 bits per heavy atom. The van der Waals surface area contributed by atoms with Gasteiger partial charge < -0.3 is 19.5 Å². The molecule has 2 heterocycles. The first kappa shape index (κ1) is 14.6. The maximum atomic E-state index is 12.4. The van der Waals surface area contributed by atoms with E-state index < -0.39 is 0 Å². The molecular formula is C14H21N3O3. The molecule has 0 aliphatic carbocycles. The fraction of sp³-hybridized carbons (Fsp3) is 0.571. The first-order chi connectivity index (χ1) is 9.47. The van der Waals surface area contributed by atoms with E-state index in [4.69, 9.17) is 4.42 Å². The maximum absolute atomic E-state index is 12.4. The molecule has 2 amide bonds. The van der Waals surface area contributed by atoms with Crippen molar-refractivity contribution in [3.8, 4) is 0 Å². The van der Waals surface area contributed by atoms with Gasteiger partial charge in [-0.05, 0) is 26.1 Å². The highest BCUT2D eigenvalue weighted by atomic mass is 16.4. The summed E-state index contributed by atoms with van der Waals surface area (Å²) < 4.78 is 5.50. The van der Waals surface area contributed by atoms with Crippen molar-refractivity contribution in [3.63, 3.8) is 0 Å². The molecule has 6 nitrogen and oxygen atoms in total. The number of furan rings is 1. The highest BCUT2D eigenvalue weighted by molar-refractivity contribution is 5.91. The Kier molecular flexibility index (Phi) is 4.44. The van der Waals surface area contributed by atoms with Gasteiger partial charge in [0, 0.05) is 32.6 Å². The lowest BCUT2D eigenvalue weighted by atomic mass is 10.2. The number of piperazine rings is 1. The summed E-state index contributed by atoms with van der Waals surface area (Å²) in [5.74, 6) is 0.716. The third-order valence-corrected chi connectivity index (χ3v) is 3.48. The van der Waals surface area contributed by atoms with Crippen LogP contribution in [-0.2, 0) is 11.3 Å². The molecule has 1 fully saturated rings. The molecule has 1 aromatic rings. The number of likely N-dealkylation sites (N-methyl/N-ethyl adjacent to an activating group) is 1. The number of carbonyl (C=O) groups excluding carboxylic acids is 2. The molecule has 0 radical (unpaired) electrons. The van der Waals surface area contributed by atoms with Crippen LogP contribution in [0.3, 0.4) is 0 Å². The van der Waals surface area contributed by atoms with Crippen LogP contribution in [0.15, 0.2) is 16.5 Å². The van der Waals surface area contributed by atoms with Crippen molar-refractivity contribution >= 4 is 11.8 Å². The maximum Gasteiger partial charge on any atom is 0.289 e. The molecule has 2 rings (SSSR count). The highest BCUT2D eigenvalue weighted by Crippen LogP contribution is 2.15. The van der Waals surface area contributed by atoms with Gasteiger partial charge in [0.15, 0.2) is 5.76 Å². The van der Waals surface area contributed by atoms with Crippen molar-refractivity contribution in [2.24, 2.45) is 0 Å². The summed E-state index contributed by atoms with van der Waals surface area (Å²) >= 11 is 0. The van der Waals surface area contributed by atoms with Crippen molar-refractivity contribution in [1.82, 2.24) is 15.1 Å².